The Morgan fingerprint density at radius 1 is 1.09 bits per heavy atom. The lowest BCUT2D eigenvalue weighted by Gasteiger charge is -2.17. The van der Waals surface area contributed by atoms with Crippen LogP contribution in [0.4, 0.5) is 4.39 Å². The lowest BCUT2D eigenvalue weighted by atomic mass is 10.0. The van der Waals surface area contributed by atoms with Crippen molar-refractivity contribution in [3.8, 4) is 17.6 Å². The van der Waals surface area contributed by atoms with E-state index < -0.39 is 5.82 Å². The minimum Gasteiger partial charge on any atom is -0.490 e. The summed E-state index contributed by atoms with van der Waals surface area (Å²) in [5.74, 6) is 0.728. The van der Waals surface area contributed by atoms with Crippen LogP contribution in [0.15, 0.2) is 67.3 Å². The summed E-state index contributed by atoms with van der Waals surface area (Å²) in [4.78, 5) is 0. The molecule has 0 saturated carbocycles. The maximum atomic E-state index is 13.7. The second-order valence-corrected chi connectivity index (χ2v) is 7.96. The van der Waals surface area contributed by atoms with E-state index in [9.17, 15) is 9.65 Å². The summed E-state index contributed by atoms with van der Waals surface area (Å²) in [6.45, 7) is 6.42. The number of nitriles is 1. The van der Waals surface area contributed by atoms with E-state index in [1.807, 2.05) is 19.1 Å². The fourth-order valence-corrected chi connectivity index (χ4v) is 3.61. The maximum absolute atomic E-state index is 13.7. The van der Waals surface area contributed by atoms with Crippen LogP contribution in [0.25, 0.3) is 11.6 Å². The highest BCUT2D eigenvalue weighted by Gasteiger charge is 2.14. The van der Waals surface area contributed by atoms with Gasteiger partial charge in [0.25, 0.3) is 0 Å². The summed E-state index contributed by atoms with van der Waals surface area (Å²) in [7, 11) is 0. The molecule has 0 aliphatic carbocycles. The fourth-order valence-electron chi connectivity index (χ4n) is 3.29. The third-order valence-electron chi connectivity index (χ3n) is 4.75. The quantitative estimate of drug-likeness (QED) is 0.177. The maximum Gasteiger partial charge on any atom is 0.165 e. The summed E-state index contributed by atoms with van der Waals surface area (Å²) >= 11 is 12.1. The molecule has 168 valence electrons. The Labute approximate surface area is 203 Å². The van der Waals surface area contributed by atoms with Crippen molar-refractivity contribution in [3.05, 3.63) is 105 Å². The largest absolute Gasteiger partial charge is 0.490 e. The molecule has 0 saturated heterocycles. The molecule has 0 aromatic heterocycles. The van der Waals surface area contributed by atoms with Gasteiger partial charge in [-0.1, -0.05) is 47.5 Å². The molecule has 0 radical (unpaired) electrons. The first-order valence-electron chi connectivity index (χ1n) is 10.3. The summed E-state index contributed by atoms with van der Waals surface area (Å²) in [6, 6.07) is 17.1. The topological polar surface area (TPSA) is 42.2 Å². The highest BCUT2D eigenvalue weighted by atomic mass is 35.5. The fraction of sp³-hybridized carbons (Fsp3) is 0.148. The van der Waals surface area contributed by atoms with Gasteiger partial charge in [-0.3, -0.25) is 0 Å². The minimum atomic E-state index is -0.401. The first kappa shape index (κ1) is 24.4. The zero-order valence-corrected chi connectivity index (χ0v) is 19.6. The van der Waals surface area contributed by atoms with E-state index in [2.05, 4.69) is 12.6 Å². The van der Waals surface area contributed by atoms with Gasteiger partial charge in [0, 0.05) is 5.56 Å². The van der Waals surface area contributed by atoms with Crippen molar-refractivity contribution in [1.82, 2.24) is 0 Å². The van der Waals surface area contributed by atoms with Crippen LogP contribution in [0.3, 0.4) is 0 Å². The molecule has 0 atom stereocenters. The van der Waals surface area contributed by atoms with Crippen LogP contribution in [-0.4, -0.2) is 6.61 Å². The minimum absolute atomic E-state index is 0.267. The first-order valence-corrected chi connectivity index (χ1v) is 11.1. The van der Waals surface area contributed by atoms with Crippen LogP contribution < -0.4 is 9.47 Å². The summed E-state index contributed by atoms with van der Waals surface area (Å²) in [5, 5.41) is 10.6. The summed E-state index contributed by atoms with van der Waals surface area (Å²) < 4.78 is 25.6. The molecule has 3 nitrogen and oxygen atoms in total. The van der Waals surface area contributed by atoms with Gasteiger partial charge in [-0.2, -0.15) is 5.26 Å². The molecule has 0 spiro atoms. The number of rotatable bonds is 9. The van der Waals surface area contributed by atoms with Crippen LogP contribution in [0, 0.1) is 17.1 Å². The number of benzene rings is 3. The number of allylic oxidation sites excluding steroid dienone is 2. The Kier molecular flexibility index (Phi) is 8.54. The molecule has 3 aromatic carbocycles. The van der Waals surface area contributed by atoms with E-state index in [4.69, 9.17) is 32.7 Å². The third kappa shape index (κ3) is 6.38. The Hall–Kier alpha value is -3.26. The number of hydrogen-bond acceptors (Lipinski definition) is 3. The van der Waals surface area contributed by atoms with Gasteiger partial charge in [0.1, 0.15) is 12.4 Å². The molecule has 0 heterocycles. The van der Waals surface area contributed by atoms with E-state index in [1.54, 1.807) is 42.5 Å². The van der Waals surface area contributed by atoms with Gasteiger partial charge >= 0.3 is 0 Å². The zero-order valence-electron chi connectivity index (χ0n) is 18.1. The van der Waals surface area contributed by atoms with Crippen LogP contribution in [0.5, 0.6) is 11.5 Å². The Morgan fingerprint density at radius 2 is 1.91 bits per heavy atom. The van der Waals surface area contributed by atoms with E-state index >= 15 is 0 Å². The van der Waals surface area contributed by atoms with Crippen LogP contribution >= 0.6 is 23.2 Å². The zero-order chi connectivity index (χ0) is 23.8. The molecular weight excluding hydrogens is 460 g/mol. The van der Waals surface area contributed by atoms with Gasteiger partial charge in [0.2, 0.25) is 0 Å². The lowest BCUT2D eigenvalue weighted by molar-refractivity contribution is 0.267. The molecular formula is C27H22Cl2FNO2. The average molecular weight is 482 g/mol. The van der Waals surface area contributed by atoms with Crippen LogP contribution in [-0.2, 0) is 13.0 Å². The van der Waals surface area contributed by atoms with E-state index in [-0.39, 0.29) is 6.61 Å². The number of hydrogen-bond donors (Lipinski definition) is 0. The van der Waals surface area contributed by atoms with E-state index in [0.717, 1.165) is 16.7 Å². The monoisotopic (exact) mass is 481 g/mol. The van der Waals surface area contributed by atoms with Crippen molar-refractivity contribution >= 4 is 34.9 Å². The number of halogens is 3. The first-order chi connectivity index (χ1) is 15.9. The van der Waals surface area contributed by atoms with Crippen molar-refractivity contribution in [3.63, 3.8) is 0 Å². The van der Waals surface area contributed by atoms with Gasteiger partial charge in [0.05, 0.1) is 28.3 Å². The molecule has 6 heteroatoms. The van der Waals surface area contributed by atoms with Gasteiger partial charge in [-0.05, 0) is 72.5 Å². The highest BCUT2D eigenvalue weighted by Crippen LogP contribution is 2.36. The van der Waals surface area contributed by atoms with E-state index in [1.165, 1.54) is 12.1 Å². The molecule has 33 heavy (non-hydrogen) atoms. The smallest absolute Gasteiger partial charge is 0.165 e. The molecule has 0 unspecified atom stereocenters. The van der Waals surface area contributed by atoms with Gasteiger partial charge < -0.3 is 9.47 Å². The molecule has 0 fully saturated rings. The van der Waals surface area contributed by atoms with E-state index in [0.29, 0.717) is 45.7 Å². The van der Waals surface area contributed by atoms with Crippen LogP contribution in [0.1, 0.15) is 29.2 Å². The molecule has 3 rings (SSSR count). The molecule has 0 bridgehead atoms. The molecule has 0 amide bonds. The normalized spacial score (nSPS) is 11.1. The number of ether oxygens (including phenoxy) is 2. The van der Waals surface area contributed by atoms with Gasteiger partial charge in [-0.25, -0.2) is 4.39 Å². The predicted octanol–water partition coefficient (Wildman–Crippen LogP) is 7.90. The van der Waals surface area contributed by atoms with Crippen molar-refractivity contribution in [2.24, 2.45) is 0 Å². The van der Waals surface area contributed by atoms with Crippen LogP contribution in [0.2, 0.25) is 10.0 Å². The lowest BCUT2D eigenvalue weighted by Crippen LogP contribution is -2.03. The van der Waals surface area contributed by atoms with Crippen molar-refractivity contribution < 1.29 is 13.9 Å². The Balaban J connectivity index is 2.01. The second-order valence-electron chi connectivity index (χ2n) is 7.15. The van der Waals surface area contributed by atoms with Gasteiger partial charge in [0.15, 0.2) is 11.5 Å². The third-order valence-corrected chi connectivity index (χ3v) is 5.49. The molecule has 0 aliphatic rings. The summed E-state index contributed by atoms with van der Waals surface area (Å²) in [5.41, 5.74) is 3.28. The summed E-state index contributed by atoms with van der Waals surface area (Å²) in [6.07, 6.45) is 4.00. The Bertz CT molecular complexity index is 1230. The standard InChI is InChI=1S/C27H22Cl2FNO2/c1-3-6-21-11-19(12-22(16-31)20-7-5-8-23(30)15-20)14-26(32-4-2)27(21)33-17-18-9-10-24(28)25(29)13-18/h3,5,7-15H,1,4,6,17H2,2H3/b22-12-. The average Bonchev–Trinajstić information content (AvgIpc) is 2.79. The molecule has 3 aromatic rings. The highest BCUT2D eigenvalue weighted by molar-refractivity contribution is 6.42. The SMILES string of the molecule is C=CCc1cc(/C=C(/C#N)c2cccc(F)c2)cc(OCC)c1OCc1ccc(Cl)c(Cl)c1. The van der Waals surface area contributed by atoms with Crippen molar-refractivity contribution in [2.45, 2.75) is 20.0 Å². The molecule has 0 aliphatic heterocycles. The second kappa shape index (κ2) is 11.6. The van der Waals surface area contributed by atoms with Crippen molar-refractivity contribution in [1.29, 1.82) is 5.26 Å². The predicted molar refractivity (Wildman–Crippen MR) is 132 cm³/mol. The Morgan fingerprint density at radius 3 is 2.58 bits per heavy atom. The number of nitrogens with zero attached hydrogens (tertiary/aromatic N) is 1. The molecule has 0 N–H and O–H groups in total. The van der Waals surface area contributed by atoms with Crippen molar-refractivity contribution in [2.75, 3.05) is 6.61 Å². The van der Waals surface area contributed by atoms with Gasteiger partial charge in [-0.15, -0.1) is 6.58 Å².